The van der Waals surface area contributed by atoms with Crippen molar-refractivity contribution >= 4 is 54.6 Å². The number of carbonyl (C=O) groups is 1. The second-order valence-electron chi connectivity index (χ2n) is 5.41. The summed E-state index contributed by atoms with van der Waals surface area (Å²) in [4.78, 5) is 12.7. The lowest BCUT2D eigenvalue weighted by atomic mass is 10.3. The highest BCUT2D eigenvalue weighted by Gasteiger charge is 2.21. The summed E-state index contributed by atoms with van der Waals surface area (Å²) in [5.74, 6) is -0.131. The number of methoxy groups -OCH3 is 1. The SMILES string of the molecule is COc1ccc(NC(=O)c2cccs2)cc1S(=O)(=O)Nc1ccc(Br)cc1. The number of ether oxygens (including phenoxy) is 1. The quantitative estimate of drug-likeness (QED) is 0.556. The molecule has 3 rings (SSSR count). The molecule has 0 aliphatic heterocycles. The van der Waals surface area contributed by atoms with Gasteiger partial charge in [0.15, 0.2) is 0 Å². The van der Waals surface area contributed by atoms with Crippen molar-refractivity contribution in [2.45, 2.75) is 4.90 Å². The van der Waals surface area contributed by atoms with Crippen LogP contribution in [-0.2, 0) is 10.0 Å². The predicted molar refractivity (Wildman–Crippen MR) is 110 cm³/mol. The number of hydrogen-bond donors (Lipinski definition) is 2. The maximum Gasteiger partial charge on any atom is 0.265 e. The maximum absolute atomic E-state index is 12.8. The summed E-state index contributed by atoms with van der Waals surface area (Å²) < 4.78 is 34.2. The first-order valence-electron chi connectivity index (χ1n) is 7.70. The van der Waals surface area contributed by atoms with Crippen LogP contribution in [0.2, 0.25) is 0 Å². The van der Waals surface area contributed by atoms with Crippen LogP contribution in [-0.4, -0.2) is 21.4 Å². The summed E-state index contributed by atoms with van der Waals surface area (Å²) in [6.45, 7) is 0. The molecule has 27 heavy (non-hydrogen) atoms. The Hall–Kier alpha value is -2.36. The molecule has 0 aliphatic rings. The molecular weight excluding hydrogens is 452 g/mol. The Balaban J connectivity index is 1.90. The van der Waals surface area contributed by atoms with Crippen LogP contribution in [0.3, 0.4) is 0 Å². The summed E-state index contributed by atoms with van der Waals surface area (Å²) in [5, 5.41) is 4.49. The molecule has 1 amide bonds. The average molecular weight is 467 g/mol. The smallest absolute Gasteiger partial charge is 0.265 e. The first-order chi connectivity index (χ1) is 12.9. The molecule has 0 radical (unpaired) electrons. The van der Waals surface area contributed by atoms with E-state index in [1.54, 1.807) is 47.8 Å². The number of halogens is 1. The number of benzene rings is 2. The Kier molecular flexibility index (Phi) is 5.83. The molecular formula is C18H15BrN2O4S2. The van der Waals surface area contributed by atoms with Crippen molar-refractivity contribution in [3.05, 3.63) is 69.3 Å². The van der Waals surface area contributed by atoms with Crippen molar-refractivity contribution in [2.24, 2.45) is 0 Å². The zero-order valence-electron chi connectivity index (χ0n) is 14.1. The fraction of sp³-hybridized carbons (Fsp3) is 0.0556. The molecule has 0 spiro atoms. The minimum Gasteiger partial charge on any atom is -0.495 e. The molecule has 0 bridgehead atoms. The Bertz CT molecular complexity index is 1050. The molecule has 2 aromatic carbocycles. The molecule has 140 valence electrons. The highest BCUT2D eigenvalue weighted by atomic mass is 79.9. The lowest BCUT2D eigenvalue weighted by Crippen LogP contribution is -2.15. The minimum atomic E-state index is -3.92. The van der Waals surface area contributed by atoms with Gasteiger partial charge in [0.25, 0.3) is 15.9 Å². The van der Waals surface area contributed by atoms with E-state index in [0.29, 0.717) is 16.3 Å². The summed E-state index contributed by atoms with van der Waals surface area (Å²) in [5.41, 5.74) is 0.763. The molecule has 0 saturated carbocycles. The summed E-state index contributed by atoms with van der Waals surface area (Å²) in [6, 6.07) is 14.6. The fourth-order valence-corrected chi connectivity index (χ4v) is 4.43. The minimum absolute atomic E-state index is 0.0723. The average Bonchev–Trinajstić information content (AvgIpc) is 3.18. The number of anilines is 2. The van der Waals surface area contributed by atoms with Gasteiger partial charge in [-0.3, -0.25) is 9.52 Å². The third kappa shape index (κ3) is 4.68. The number of hydrogen-bond acceptors (Lipinski definition) is 5. The molecule has 0 aliphatic carbocycles. The highest BCUT2D eigenvalue weighted by molar-refractivity contribution is 9.10. The molecule has 0 unspecified atom stereocenters. The van der Waals surface area contributed by atoms with E-state index in [-0.39, 0.29) is 16.6 Å². The number of carbonyl (C=O) groups excluding carboxylic acids is 1. The van der Waals surface area contributed by atoms with E-state index in [2.05, 4.69) is 26.0 Å². The van der Waals surface area contributed by atoms with Crippen LogP contribution in [0.4, 0.5) is 11.4 Å². The predicted octanol–water partition coefficient (Wildman–Crippen LogP) is 4.57. The van der Waals surface area contributed by atoms with E-state index in [0.717, 1.165) is 4.47 Å². The molecule has 9 heteroatoms. The van der Waals surface area contributed by atoms with Gasteiger partial charge in [0.1, 0.15) is 10.6 Å². The number of amides is 1. The van der Waals surface area contributed by atoms with E-state index in [1.807, 2.05) is 0 Å². The van der Waals surface area contributed by atoms with Gasteiger partial charge in [-0.25, -0.2) is 8.42 Å². The Morgan fingerprint density at radius 3 is 2.41 bits per heavy atom. The lowest BCUT2D eigenvalue weighted by Gasteiger charge is -2.13. The Morgan fingerprint density at radius 1 is 1.07 bits per heavy atom. The van der Waals surface area contributed by atoms with Crippen molar-refractivity contribution in [3.63, 3.8) is 0 Å². The van der Waals surface area contributed by atoms with Crippen molar-refractivity contribution in [3.8, 4) is 5.75 Å². The van der Waals surface area contributed by atoms with Gasteiger partial charge in [0.05, 0.1) is 12.0 Å². The van der Waals surface area contributed by atoms with Gasteiger partial charge >= 0.3 is 0 Å². The topological polar surface area (TPSA) is 84.5 Å². The number of nitrogens with one attached hydrogen (secondary N) is 2. The van der Waals surface area contributed by atoms with Gasteiger partial charge in [0.2, 0.25) is 0 Å². The number of sulfonamides is 1. The summed E-state index contributed by atoms with van der Waals surface area (Å²) in [6.07, 6.45) is 0. The third-order valence-electron chi connectivity index (χ3n) is 3.55. The highest BCUT2D eigenvalue weighted by Crippen LogP contribution is 2.29. The van der Waals surface area contributed by atoms with Gasteiger partial charge < -0.3 is 10.1 Å². The first kappa shape index (κ1) is 19.4. The van der Waals surface area contributed by atoms with Gasteiger partial charge in [-0.2, -0.15) is 0 Å². The lowest BCUT2D eigenvalue weighted by molar-refractivity contribution is 0.103. The van der Waals surface area contributed by atoms with E-state index in [9.17, 15) is 13.2 Å². The monoisotopic (exact) mass is 466 g/mol. The first-order valence-corrected chi connectivity index (χ1v) is 10.9. The largest absolute Gasteiger partial charge is 0.495 e. The maximum atomic E-state index is 12.8. The van der Waals surface area contributed by atoms with Crippen molar-refractivity contribution in [1.82, 2.24) is 0 Å². The summed E-state index contributed by atoms with van der Waals surface area (Å²) in [7, 11) is -2.53. The Labute approximate surface area is 169 Å². The van der Waals surface area contributed by atoms with Gasteiger partial charge in [-0.1, -0.05) is 22.0 Å². The molecule has 1 aromatic heterocycles. The van der Waals surface area contributed by atoms with Crippen molar-refractivity contribution in [1.29, 1.82) is 0 Å². The molecule has 0 saturated heterocycles. The molecule has 6 nitrogen and oxygen atoms in total. The van der Waals surface area contributed by atoms with Crippen LogP contribution >= 0.6 is 27.3 Å². The van der Waals surface area contributed by atoms with Crippen molar-refractivity contribution in [2.75, 3.05) is 17.1 Å². The molecule has 0 atom stereocenters. The van der Waals surface area contributed by atoms with E-state index < -0.39 is 10.0 Å². The van der Waals surface area contributed by atoms with Crippen molar-refractivity contribution < 1.29 is 17.9 Å². The van der Waals surface area contributed by atoms with E-state index in [4.69, 9.17) is 4.74 Å². The molecule has 1 heterocycles. The van der Waals surface area contributed by atoms with Gasteiger partial charge in [-0.05, 0) is 53.9 Å². The molecule has 2 N–H and O–H groups in total. The molecule has 0 fully saturated rings. The normalized spacial score (nSPS) is 11.0. The second kappa shape index (κ2) is 8.12. The zero-order valence-corrected chi connectivity index (χ0v) is 17.3. The zero-order chi connectivity index (χ0) is 19.4. The molecule has 3 aromatic rings. The van der Waals surface area contributed by atoms with Crippen LogP contribution in [0.5, 0.6) is 5.75 Å². The summed E-state index contributed by atoms with van der Waals surface area (Å²) >= 11 is 4.60. The van der Waals surface area contributed by atoms with Crippen LogP contribution in [0, 0.1) is 0 Å². The van der Waals surface area contributed by atoms with Crippen LogP contribution in [0.25, 0.3) is 0 Å². The second-order valence-corrected chi connectivity index (χ2v) is 8.92. The van der Waals surface area contributed by atoms with E-state index in [1.165, 1.54) is 30.6 Å². The van der Waals surface area contributed by atoms with E-state index >= 15 is 0 Å². The van der Waals surface area contributed by atoms with Crippen LogP contribution in [0.1, 0.15) is 9.67 Å². The number of thiophene rings is 1. The number of rotatable bonds is 6. The van der Waals surface area contributed by atoms with Crippen LogP contribution in [0.15, 0.2) is 69.3 Å². The van der Waals surface area contributed by atoms with Crippen LogP contribution < -0.4 is 14.8 Å². The third-order valence-corrected chi connectivity index (χ3v) is 6.35. The van der Waals surface area contributed by atoms with Gasteiger partial charge in [0, 0.05) is 15.8 Å². The Morgan fingerprint density at radius 2 is 1.78 bits per heavy atom. The fourth-order valence-electron chi connectivity index (χ4n) is 2.29. The van der Waals surface area contributed by atoms with Gasteiger partial charge in [-0.15, -0.1) is 11.3 Å². The standard InChI is InChI=1S/C18H15BrN2O4S2/c1-25-15-9-8-14(20-18(22)16-3-2-10-26-16)11-17(15)27(23,24)21-13-6-4-12(19)5-7-13/h2-11,21H,1H3,(H,20,22).